The number of pyridine rings is 1. The molecule has 3 rings (SSSR count). The first kappa shape index (κ1) is 15.0. The van der Waals surface area contributed by atoms with E-state index in [1.807, 2.05) is 0 Å². The summed E-state index contributed by atoms with van der Waals surface area (Å²) in [6.07, 6.45) is 1.16. The van der Waals surface area contributed by atoms with Crippen molar-refractivity contribution in [2.45, 2.75) is 25.3 Å². The molecular formula is C14H17F2N5O. The van der Waals surface area contributed by atoms with E-state index in [0.717, 1.165) is 25.3 Å². The third-order valence-electron chi connectivity index (χ3n) is 3.69. The van der Waals surface area contributed by atoms with Gasteiger partial charge < -0.3 is 15.1 Å². The molecule has 1 saturated heterocycles. The van der Waals surface area contributed by atoms with Gasteiger partial charge in [0.2, 0.25) is 5.89 Å². The lowest BCUT2D eigenvalue weighted by atomic mass is 10.1. The van der Waals surface area contributed by atoms with Crippen LogP contribution in [-0.4, -0.2) is 39.7 Å². The summed E-state index contributed by atoms with van der Waals surface area (Å²) in [7, 11) is 0. The molecule has 1 aliphatic rings. The van der Waals surface area contributed by atoms with E-state index < -0.39 is 12.3 Å². The SMILES string of the molecule is NC(CN1CCCC1)c1ccc(-c2nnc(C(F)F)o2)cn1. The Morgan fingerprint density at radius 1 is 1.23 bits per heavy atom. The van der Waals surface area contributed by atoms with Gasteiger partial charge in [-0.2, -0.15) is 8.78 Å². The Labute approximate surface area is 126 Å². The maximum atomic E-state index is 12.4. The van der Waals surface area contributed by atoms with Crippen molar-refractivity contribution in [2.75, 3.05) is 19.6 Å². The molecule has 0 aliphatic carbocycles. The molecule has 0 amide bonds. The highest BCUT2D eigenvalue weighted by Gasteiger charge is 2.19. The maximum absolute atomic E-state index is 12.4. The molecule has 1 aliphatic heterocycles. The zero-order valence-corrected chi connectivity index (χ0v) is 12.0. The highest BCUT2D eigenvalue weighted by molar-refractivity contribution is 5.50. The Balaban J connectivity index is 1.68. The van der Waals surface area contributed by atoms with Gasteiger partial charge in [-0.25, -0.2) is 0 Å². The van der Waals surface area contributed by atoms with Crippen LogP contribution < -0.4 is 5.73 Å². The molecule has 0 saturated carbocycles. The van der Waals surface area contributed by atoms with Gasteiger partial charge in [-0.05, 0) is 38.1 Å². The van der Waals surface area contributed by atoms with E-state index in [1.165, 1.54) is 19.0 Å². The van der Waals surface area contributed by atoms with Crippen LogP contribution in [0.5, 0.6) is 0 Å². The van der Waals surface area contributed by atoms with Gasteiger partial charge in [0.25, 0.3) is 5.89 Å². The van der Waals surface area contributed by atoms with Crippen molar-refractivity contribution in [1.29, 1.82) is 0 Å². The summed E-state index contributed by atoms with van der Waals surface area (Å²) in [6.45, 7) is 2.91. The fourth-order valence-corrected chi connectivity index (χ4v) is 2.53. The lowest BCUT2D eigenvalue weighted by molar-refractivity contribution is 0.116. The fourth-order valence-electron chi connectivity index (χ4n) is 2.53. The second kappa shape index (κ2) is 6.45. The van der Waals surface area contributed by atoms with Crippen molar-refractivity contribution >= 4 is 0 Å². The predicted molar refractivity (Wildman–Crippen MR) is 75.1 cm³/mol. The van der Waals surface area contributed by atoms with Crippen LogP contribution >= 0.6 is 0 Å². The molecule has 22 heavy (non-hydrogen) atoms. The second-order valence-electron chi connectivity index (χ2n) is 5.33. The molecule has 118 valence electrons. The Kier molecular flexibility index (Phi) is 4.39. The first-order valence-electron chi connectivity index (χ1n) is 7.19. The average Bonchev–Trinajstić information content (AvgIpc) is 3.18. The number of halogens is 2. The number of nitrogens with two attached hydrogens (primary N) is 1. The molecule has 8 heteroatoms. The third kappa shape index (κ3) is 3.28. The standard InChI is InChI=1S/C14H17F2N5O/c15-12(16)14-20-19-13(22-14)9-3-4-11(18-7-9)10(17)8-21-5-1-2-6-21/h3-4,7,10,12H,1-2,5-6,8,17H2. The van der Waals surface area contributed by atoms with Crippen LogP contribution in [0, 0.1) is 0 Å². The van der Waals surface area contributed by atoms with Gasteiger partial charge in [-0.1, -0.05) is 0 Å². The summed E-state index contributed by atoms with van der Waals surface area (Å²) in [5, 5.41) is 6.88. The second-order valence-corrected chi connectivity index (χ2v) is 5.33. The molecular weight excluding hydrogens is 292 g/mol. The zero-order valence-electron chi connectivity index (χ0n) is 12.0. The molecule has 1 fully saturated rings. The van der Waals surface area contributed by atoms with Crippen molar-refractivity contribution < 1.29 is 13.2 Å². The number of alkyl halides is 2. The minimum atomic E-state index is -2.78. The maximum Gasteiger partial charge on any atom is 0.314 e. The smallest absolute Gasteiger partial charge is 0.314 e. The van der Waals surface area contributed by atoms with Crippen molar-refractivity contribution in [3.63, 3.8) is 0 Å². The Bertz CT molecular complexity index is 610. The van der Waals surface area contributed by atoms with Crippen LogP contribution in [0.3, 0.4) is 0 Å². The van der Waals surface area contributed by atoms with Gasteiger partial charge in [-0.3, -0.25) is 4.98 Å². The van der Waals surface area contributed by atoms with E-state index in [4.69, 9.17) is 10.2 Å². The first-order chi connectivity index (χ1) is 10.6. The van der Waals surface area contributed by atoms with Crippen molar-refractivity contribution in [3.05, 3.63) is 29.9 Å². The van der Waals surface area contributed by atoms with Gasteiger partial charge in [0.15, 0.2) is 0 Å². The summed E-state index contributed by atoms with van der Waals surface area (Å²) in [6, 6.07) is 3.29. The number of rotatable bonds is 5. The molecule has 0 radical (unpaired) electrons. The number of nitrogens with zero attached hydrogens (tertiary/aromatic N) is 4. The molecule has 6 nitrogen and oxygen atoms in total. The Morgan fingerprint density at radius 3 is 2.59 bits per heavy atom. The summed E-state index contributed by atoms with van der Waals surface area (Å²) < 4.78 is 29.7. The highest BCUT2D eigenvalue weighted by Crippen LogP contribution is 2.23. The number of hydrogen-bond donors (Lipinski definition) is 1. The molecule has 0 spiro atoms. The first-order valence-corrected chi connectivity index (χ1v) is 7.19. The third-order valence-corrected chi connectivity index (χ3v) is 3.69. The van der Waals surface area contributed by atoms with Gasteiger partial charge >= 0.3 is 6.43 Å². The normalized spacial score (nSPS) is 17.3. The highest BCUT2D eigenvalue weighted by atomic mass is 19.3. The quantitative estimate of drug-likeness (QED) is 0.911. The van der Waals surface area contributed by atoms with Crippen molar-refractivity contribution in [1.82, 2.24) is 20.1 Å². The number of likely N-dealkylation sites (tertiary alicyclic amines) is 1. The fraction of sp³-hybridized carbons (Fsp3) is 0.500. The van der Waals surface area contributed by atoms with E-state index in [2.05, 4.69) is 20.1 Å². The summed E-state index contributed by atoms with van der Waals surface area (Å²) in [5.74, 6) is -0.660. The van der Waals surface area contributed by atoms with Crippen LogP contribution in [-0.2, 0) is 0 Å². The lowest BCUT2D eigenvalue weighted by Gasteiger charge is -2.19. The zero-order chi connectivity index (χ0) is 15.5. The van der Waals surface area contributed by atoms with Gasteiger partial charge in [-0.15, -0.1) is 10.2 Å². The van der Waals surface area contributed by atoms with Gasteiger partial charge in [0.1, 0.15) is 0 Å². The Morgan fingerprint density at radius 2 is 2.00 bits per heavy atom. The molecule has 2 aromatic heterocycles. The lowest BCUT2D eigenvalue weighted by Crippen LogP contribution is -2.30. The average molecular weight is 309 g/mol. The van der Waals surface area contributed by atoms with Crippen LogP contribution in [0.4, 0.5) is 8.78 Å². The van der Waals surface area contributed by atoms with Crippen LogP contribution in [0.2, 0.25) is 0 Å². The topological polar surface area (TPSA) is 81.1 Å². The van der Waals surface area contributed by atoms with Crippen molar-refractivity contribution in [2.24, 2.45) is 5.73 Å². The Hall–Kier alpha value is -1.93. The van der Waals surface area contributed by atoms with E-state index in [0.29, 0.717) is 5.56 Å². The van der Waals surface area contributed by atoms with Crippen LogP contribution in [0.25, 0.3) is 11.5 Å². The van der Waals surface area contributed by atoms with Crippen LogP contribution in [0.1, 0.15) is 36.9 Å². The monoisotopic (exact) mass is 309 g/mol. The minimum absolute atomic E-state index is 0.0301. The van der Waals surface area contributed by atoms with Gasteiger partial charge in [0.05, 0.1) is 17.3 Å². The predicted octanol–water partition coefficient (Wildman–Crippen LogP) is 2.16. The summed E-state index contributed by atoms with van der Waals surface area (Å²) in [5.41, 5.74) is 7.40. The molecule has 0 aromatic carbocycles. The van der Waals surface area contributed by atoms with E-state index in [9.17, 15) is 8.78 Å². The number of aromatic nitrogens is 3. The molecule has 0 bridgehead atoms. The van der Waals surface area contributed by atoms with Crippen molar-refractivity contribution in [3.8, 4) is 11.5 Å². The van der Waals surface area contributed by atoms with Gasteiger partial charge in [0, 0.05) is 12.7 Å². The largest absolute Gasteiger partial charge is 0.415 e. The molecule has 2 N–H and O–H groups in total. The summed E-state index contributed by atoms with van der Waals surface area (Å²) in [4.78, 5) is 6.60. The van der Waals surface area contributed by atoms with E-state index in [-0.39, 0.29) is 11.9 Å². The van der Waals surface area contributed by atoms with Crippen LogP contribution in [0.15, 0.2) is 22.7 Å². The number of hydrogen-bond acceptors (Lipinski definition) is 6. The minimum Gasteiger partial charge on any atom is -0.415 e. The summed E-state index contributed by atoms with van der Waals surface area (Å²) >= 11 is 0. The molecule has 1 atom stereocenters. The van der Waals surface area contributed by atoms with E-state index in [1.54, 1.807) is 12.1 Å². The van der Waals surface area contributed by atoms with E-state index >= 15 is 0 Å². The molecule has 1 unspecified atom stereocenters. The molecule has 2 aromatic rings. The molecule has 3 heterocycles.